The molecule has 2 aromatic carbocycles. The van der Waals surface area contributed by atoms with Crippen LogP contribution >= 0.6 is 22.9 Å². The molecule has 0 aliphatic rings. The second kappa shape index (κ2) is 10.3. The topological polar surface area (TPSA) is 102 Å². The van der Waals surface area contributed by atoms with E-state index in [1.165, 1.54) is 23.7 Å². The molecule has 2 N–H and O–H groups in total. The maximum Gasteiger partial charge on any atom is 0.267 e. The van der Waals surface area contributed by atoms with E-state index in [1.54, 1.807) is 62.8 Å². The van der Waals surface area contributed by atoms with Gasteiger partial charge < -0.3 is 20.1 Å². The Kier molecular flexibility index (Phi) is 7.05. The van der Waals surface area contributed by atoms with Crippen LogP contribution in [0, 0.1) is 0 Å². The number of halogens is 1. The van der Waals surface area contributed by atoms with Crippen molar-refractivity contribution in [2.75, 3.05) is 24.9 Å². The van der Waals surface area contributed by atoms with Crippen LogP contribution in [0.15, 0.2) is 67.0 Å². The highest BCUT2D eigenvalue weighted by atomic mass is 35.5. The molecule has 172 valence electrons. The molecule has 0 radical (unpaired) electrons. The molecule has 0 atom stereocenters. The lowest BCUT2D eigenvalue weighted by Gasteiger charge is -2.08. The molecule has 0 aliphatic carbocycles. The number of rotatable bonds is 7. The number of ether oxygens (including phenoxy) is 2. The molecule has 0 spiro atoms. The summed E-state index contributed by atoms with van der Waals surface area (Å²) in [4.78, 5) is 34.1. The lowest BCUT2D eigenvalue weighted by molar-refractivity contribution is 0.101. The fourth-order valence-electron chi connectivity index (χ4n) is 3.05. The number of carbonyl (C=O) groups is 2. The van der Waals surface area contributed by atoms with Gasteiger partial charge in [0.25, 0.3) is 11.8 Å². The van der Waals surface area contributed by atoms with Crippen molar-refractivity contribution in [3.8, 4) is 22.1 Å². The number of nitrogens with one attached hydrogen (secondary N) is 2. The number of aromatic nitrogens is 2. The molecule has 0 saturated heterocycles. The van der Waals surface area contributed by atoms with Gasteiger partial charge in [-0.3, -0.25) is 9.59 Å². The summed E-state index contributed by atoms with van der Waals surface area (Å²) >= 11 is 7.06. The van der Waals surface area contributed by atoms with Gasteiger partial charge in [0, 0.05) is 23.0 Å². The molecule has 2 aromatic heterocycles. The summed E-state index contributed by atoms with van der Waals surface area (Å²) < 4.78 is 10.6. The van der Waals surface area contributed by atoms with Crippen LogP contribution in [0.4, 0.5) is 11.5 Å². The molecular weight excluding hydrogens is 476 g/mol. The molecule has 0 bridgehead atoms. The van der Waals surface area contributed by atoms with Gasteiger partial charge in [-0.1, -0.05) is 17.7 Å². The van der Waals surface area contributed by atoms with Gasteiger partial charge in [0.1, 0.15) is 15.7 Å². The molecule has 10 heteroatoms. The number of amides is 2. The van der Waals surface area contributed by atoms with Crippen molar-refractivity contribution in [2.24, 2.45) is 0 Å². The van der Waals surface area contributed by atoms with Crippen LogP contribution in [0.5, 0.6) is 11.5 Å². The first-order valence-electron chi connectivity index (χ1n) is 9.99. The molecule has 0 aliphatic heterocycles. The summed E-state index contributed by atoms with van der Waals surface area (Å²) in [5.41, 5.74) is 1.64. The van der Waals surface area contributed by atoms with E-state index in [9.17, 15) is 9.59 Å². The minimum absolute atomic E-state index is 0.332. The Morgan fingerprint density at radius 1 is 0.882 bits per heavy atom. The van der Waals surface area contributed by atoms with Gasteiger partial charge in [-0.2, -0.15) is 0 Å². The molecule has 0 saturated carbocycles. The Morgan fingerprint density at radius 2 is 1.71 bits per heavy atom. The van der Waals surface area contributed by atoms with Crippen LogP contribution in [-0.2, 0) is 0 Å². The van der Waals surface area contributed by atoms with Crippen molar-refractivity contribution >= 4 is 46.3 Å². The molecule has 8 nitrogen and oxygen atoms in total. The van der Waals surface area contributed by atoms with Crippen molar-refractivity contribution in [1.29, 1.82) is 0 Å². The maximum atomic E-state index is 12.8. The summed E-state index contributed by atoms with van der Waals surface area (Å²) in [6.07, 6.45) is 2.95. The smallest absolute Gasteiger partial charge is 0.267 e. The first-order chi connectivity index (χ1) is 16.5. The second-order valence-electron chi connectivity index (χ2n) is 6.95. The normalized spacial score (nSPS) is 10.4. The molecule has 2 amide bonds. The van der Waals surface area contributed by atoms with E-state index < -0.39 is 0 Å². The van der Waals surface area contributed by atoms with Gasteiger partial charge in [0.05, 0.1) is 25.4 Å². The van der Waals surface area contributed by atoms with Crippen LogP contribution in [0.25, 0.3) is 10.6 Å². The molecule has 34 heavy (non-hydrogen) atoms. The molecule has 4 aromatic rings. The zero-order valence-corrected chi connectivity index (χ0v) is 19.7. The fraction of sp³-hybridized carbons (Fsp3) is 0.0833. The summed E-state index contributed by atoms with van der Waals surface area (Å²) in [6.45, 7) is 0. The van der Waals surface area contributed by atoms with Crippen molar-refractivity contribution in [3.63, 3.8) is 0 Å². The molecule has 0 fully saturated rings. The number of hydrogen-bond donors (Lipinski definition) is 2. The van der Waals surface area contributed by atoms with Gasteiger partial charge in [0.15, 0.2) is 11.5 Å². The Morgan fingerprint density at radius 3 is 2.44 bits per heavy atom. The lowest BCUT2D eigenvalue weighted by Crippen LogP contribution is -2.14. The molecule has 4 rings (SSSR count). The summed E-state index contributed by atoms with van der Waals surface area (Å²) in [6, 6.07) is 15.3. The van der Waals surface area contributed by atoms with Crippen LogP contribution in [0.2, 0.25) is 5.02 Å². The van der Waals surface area contributed by atoms with E-state index >= 15 is 0 Å². The highest BCUT2D eigenvalue weighted by Crippen LogP contribution is 2.34. The first kappa shape index (κ1) is 23.2. The van der Waals surface area contributed by atoms with Crippen LogP contribution < -0.4 is 20.1 Å². The van der Waals surface area contributed by atoms with E-state index in [1.807, 2.05) is 6.07 Å². The minimum atomic E-state index is -0.362. The number of hydrogen-bond acceptors (Lipinski definition) is 7. The van der Waals surface area contributed by atoms with Crippen molar-refractivity contribution in [1.82, 2.24) is 9.97 Å². The predicted molar refractivity (Wildman–Crippen MR) is 132 cm³/mol. The number of carbonyl (C=O) groups excluding carboxylic acids is 2. The quantitative estimate of drug-likeness (QED) is 0.357. The first-order valence-corrected chi connectivity index (χ1v) is 11.2. The Labute approximate surface area is 204 Å². The number of pyridine rings is 1. The largest absolute Gasteiger partial charge is 0.493 e. The average Bonchev–Trinajstić information content (AvgIpc) is 3.36. The van der Waals surface area contributed by atoms with Crippen molar-refractivity contribution < 1.29 is 19.1 Å². The average molecular weight is 495 g/mol. The fourth-order valence-corrected chi connectivity index (χ4v) is 3.97. The number of benzene rings is 2. The third-order valence-corrected chi connectivity index (χ3v) is 5.98. The standard InChI is InChI=1S/C24H19ClN4O4S/c1-32-18-8-6-15(11-19(18)33-2)24-27-13-20(34-24)23(31)28-17-5-3-4-14(10-17)22(30)29-21-9-7-16(25)12-26-21/h3-13H,1-2H3,(H,28,31)(H,26,29,30). The third-order valence-electron chi connectivity index (χ3n) is 4.71. The van der Waals surface area contributed by atoms with Crippen LogP contribution in [-0.4, -0.2) is 36.0 Å². The highest BCUT2D eigenvalue weighted by molar-refractivity contribution is 7.17. The monoisotopic (exact) mass is 494 g/mol. The van der Waals surface area contributed by atoms with Gasteiger partial charge in [-0.25, -0.2) is 9.97 Å². The summed E-state index contributed by atoms with van der Waals surface area (Å²) in [5.74, 6) is 0.860. The van der Waals surface area contributed by atoms with Gasteiger partial charge in [-0.15, -0.1) is 11.3 Å². The predicted octanol–water partition coefficient (Wildman–Crippen LogP) is 5.38. The van der Waals surface area contributed by atoms with Gasteiger partial charge in [0.2, 0.25) is 0 Å². The molecular formula is C24H19ClN4O4S. The van der Waals surface area contributed by atoms with E-state index in [4.69, 9.17) is 21.1 Å². The van der Waals surface area contributed by atoms with E-state index in [-0.39, 0.29) is 11.8 Å². The van der Waals surface area contributed by atoms with Crippen molar-refractivity contribution in [2.45, 2.75) is 0 Å². The highest BCUT2D eigenvalue weighted by Gasteiger charge is 2.15. The van der Waals surface area contributed by atoms with E-state index in [0.717, 1.165) is 5.56 Å². The summed E-state index contributed by atoms with van der Waals surface area (Å²) in [5, 5.41) is 6.63. The molecule has 0 unspecified atom stereocenters. The molecule has 2 heterocycles. The minimum Gasteiger partial charge on any atom is -0.493 e. The third kappa shape index (κ3) is 5.33. The van der Waals surface area contributed by atoms with Crippen molar-refractivity contribution in [3.05, 3.63) is 82.5 Å². The van der Waals surface area contributed by atoms with Crippen LogP contribution in [0.1, 0.15) is 20.0 Å². The number of methoxy groups -OCH3 is 2. The Hall–Kier alpha value is -3.95. The maximum absolute atomic E-state index is 12.8. The van der Waals surface area contributed by atoms with Gasteiger partial charge in [-0.05, 0) is 48.5 Å². The lowest BCUT2D eigenvalue weighted by atomic mass is 10.2. The number of nitrogens with zero attached hydrogens (tertiary/aromatic N) is 2. The van der Waals surface area contributed by atoms with Gasteiger partial charge >= 0.3 is 0 Å². The van der Waals surface area contributed by atoms with E-state index in [0.29, 0.717) is 43.5 Å². The van der Waals surface area contributed by atoms with E-state index in [2.05, 4.69) is 20.6 Å². The summed E-state index contributed by atoms with van der Waals surface area (Å²) in [7, 11) is 3.12. The number of anilines is 2. The van der Waals surface area contributed by atoms with Crippen LogP contribution in [0.3, 0.4) is 0 Å². The Balaban J connectivity index is 1.46. The zero-order chi connectivity index (χ0) is 24.1. The SMILES string of the molecule is COc1ccc(-c2ncc(C(=O)Nc3cccc(C(=O)Nc4ccc(Cl)cn4)c3)s2)cc1OC. The second-order valence-corrected chi connectivity index (χ2v) is 8.42. The number of thiazole rings is 1. The Bertz CT molecular complexity index is 1340. The zero-order valence-electron chi connectivity index (χ0n) is 18.2.